The number of carbonyl (C=O) groups excluding carboxylic acids is 1. The van der Waals surface area contributed by atoms with Gasteiger partial charge in [-0.15, -0.1) is 0 Å². The number of alkyl halides is 6. The summed E-state index contributed by atoms with van der Waals surface area (Å²) in [7, 11) is 0. The van der Waals surface area contributed by atoms with Crippen molar-refractivity contribution in [3.05, 3.63) is 70.8 Å². The molecule has 1 saturated carbocycles. The second-order valence-corrected chi connectivity index (χ2v) is 9.07. The molecular weight excluding hydrogens is 474 g/mol. The molecule has 2 fully saturated rings. The summed E-state index contributed by atoms with van der Waals surface area (Å²) in [5, 5.41) is 2.95. The third kappa shape index (κ3) is 6.76. The molecule has 4 nitrogen and oxygen atoms in total. The first-order valence-corrected chi connectivity index (χ1v) is 11.5. The highest BCUT2D eigenvalue weighted by Crippen LogP contribution is 2.38. The van der Waals surface area contributed by atoms with Crippen LogP contribution in [0.1, 0.15) is 54.0 Å². The van der Waals surface area contributed by atoms with Gasteiger partial charge in [-0.2, -0.15) is 26.3 Å². The van der Waals surface area contributed by atoms with Gasteiger partial charge in [-0.3, -0.25) is 9.69 Å². The van der Waals surface area contributed by atoms with Gasteiger partial charge in [0.15, 0.2) is 0 Å². The third-order valence-corrected chi connectivity index (χ3v) is 6.22. The fourth-order valence-electron chi connectivity index (χ4n) is 4.45. The molecule has 0 bridgehead atoms. The summed E-state index contributed by atoms with van der Waals surface area (Å²) in [4.78, 5) is 14.4. The van der Waals surface area contributed by atoms with Crippen LogP contribution in [0.4, 0.5) is 26.3 Å². The highest BCUT2D eigenvalue weighted by atomic mass is 19.4. The highest BCUT2D eigenvalue weighted by molar-refractivity contribution is 5.78. The molecule has 1 heterocycles. The monoisotopic (exact) mass is 500 g/mol. The molecule has 2 aliphatic rings. The standard InChI is InChI=1S/C25H26F6N2O2/c26-24(27,28)18-11-16(12-19(13-18)25(29,30)31)15-35-21-7-4-10-33(14-22(34)32-20-8-9-20)23(21)17-5-2-1-3-6-17/h1-3,5-6,11-13,20-21,23H,4,7-10,14-15H2,(H,32,34)/t21-,23-/m0/s1. The second kappa shape index (κ2) is 10.2. The number of rotatable bonds is 7. The predicted octanol–water partition coefficient (Wildman–Crippen LogP) is 5.73. The zero-order valence-electron chi connectivity index (χ0n) is 18.8. The number of amides is 1. The van der Waals surface area contributed by atoms with Gasteiger partial charge >= 0.3 is 12.4 Å². The second-order valence-electron chi connectivity index (χ2n) is 9.07. The van der Waals surface area contributed by atoms with E-state index in [2.05, 4.69) is 5.32 Å². The van der Waals surface area contributed by atoms with Crippen molar-refractivity contribution >= 4 is 5.91 Å². The molecule has 35 heavy (non-hydrogen) atoms. The Kier molecular flexibility index (Phi) is 7.42. The Hall–Kier alpha value is -2.59. The number of ether oxygens (including phenoxy) is 1. The Labute approximate surface area is 199 Å². The lowest BCUT2D eigenvalue weighted by molar-refractivity contribution is -0.143. The minimum absolute atomic E-state index is 0.108. The first-order valence-electron chi connectivity index (χ1n) is 11.5. The summed E-state index contributed by atoms with van der Waals surface area (Å²) in [6.07, 6.45) is -7.19. The van der Waals surface area contributed by atoms with Crippen molar-refractivity contribution in [1.82, 2.24) is 10.2 Å². The fourth-order valence-corrected chi connectivity index (χ4v) is 4.45. The van der Waals surface area contributed by atoms with Gasteiger partial charge in [0, 0.05) is 6.04 Å². The summed E-state index contributed by atoms with van der Waals surface area (Å²) >= 11 is 0. The van der Waals surface area contributed by atoms with Gasteiger partial charge in [0.2, 0.25) is 5.91 Å². The quantitative estimate of drug-likeness (QED) is 0.494. The number of hydrogen-bond acceptors (Lipinski definition) is 3. The Morgan fingerprint density at radius 3 is 2.14 bits per heavy atom. The number of halogens is 6. The van der Waals surface area contributed by atoms with Gasteiger partial charge in [-0.25, -0.2) is 0 Å². The van der Waals surface area contributed by atoms with Gasteiger partial charge in [0.25, 0.3) is 0 Å². The summed E-state index contributed by atoms with van der Waals surface area (Å²) in [6.45, 7) is 0.347. The van der Waals surface area contributed by atoms with Gasteiger partial charge in [0.05, 0.1) is 36.4 Å². The number of nitrogens with one attached hydrogen (secondary N) is 1. The lowest BCUT2D eigenvalue weighted by atomic mass is 9.92. The van der Waals surface area contributed by atoms with Gasteiger partial charge in [0.1, 0.15) is 0 Å². The molecule has 0 radical (unpaired) electrons. The summed E-state index contributed by atoms with van der Waals surface area (Å²) in [6, 6.07) is 10.6. The van der Waals surface area contributed by atoms with Crippen molar-refractivity contribution in [2.24, 2.45) is 0 Å². The maximum atomic E-state index is 13.2. The SMILES string of the molecule is O=C(CN1CCC[C@H](OCc2cc(C(F)(F)F)cc(C(F)(F)F)c2)[C@@H]1c1ccccc1)NC1CC1. The fraction of sp³-hybridized carbons (Fsp3) is 0.480. The zero-order chi connectivity index (χ0) is 25.2. The molecular formula is C25H26F6N2O2. The molecule has 4 rings (SSSR count). The molecule has 2 aromatic rings. The van der Waals surface area contributed by atoms with Gasteiger partial charge in [-0.05, 0) is 61.6 Å². The molecule has 0 aromatic heterocycles. The number of hydrogen-bond donors (Lipinski definition) is 1. The topological polar surface area (TPSA) is 41.6 Å². The van der Waals surface area contributed by atoms with E-state index in [1.807, 2.05) is 35.2 Å². The first kappa shape index (κ1) is 25.5. The van der Waals surface area contributed by atoms with E-state index >= 15 is 0 Å². The van der Waals surface area contributed by atoms with E-state index in [1.54, 1.807) is 0 Å². The molecule has 1 amide bonds. The molecule has 0 spiro atoms. The number of nitrogens with zero attached hydrogens (tertiary/aromatic N) is 1. The summed E-state index contributed by atoms with van der Waals surface area (Å²) in [5.41, 5.74) is -2.07. The molecule has 2 aromatic carbocycles. The van der Waals surface area contributed by atoms with Crippen molar-refractivity contribution in [3.8, 4) is 0 Å². The zero-order valence-corrected chi connectivity index (χ0v) is 18.8. The van der Waals surface area contributed by atoms with Crippen LogP contribution in [0.25, 0.3) is 0 Å². The van der Waals surface area contributed by atoms with E-state index in [0.717, 1.165) is 18.4 Å². The Morgan fingerprint density at radius 1 is 0.943 bits per heavy atom. The van der Waals surface area contributed by atoms with Crippen LogP contribution in [-0.2, 0) is 28.5 Å². The molecule has 0 unspecified atom stereocenters. The highest BCUT2D eigenvalue weighted by Gasteiger charge is 2.38. The first-order chi connectivity index (χ1) is 16.5. The Balaban J connectivity index is 1.55. The average molecular weight is 500 g/mol. The van der Waals surface area contributed by atoms with Crippen molar-refractivity contribution in [2.45, 2.75) is 62.8 Å². The largest absolute Gasteiger partial charge is 0.416 e. The molecule has 10 heteroatoms. The molecule has 1 aliphatic heterocycles. The van der Waals surface area contributed by atoms with E-state index < -0.39 is 36.2 Å². The smallest absolute Gasteiger partial charge is 0.372 e. The molecule has 2 atom stereocenters. The van der Waals surface area contributed by atoms with Crippen molar-refractivity contribution in [3.63, 3.8) is 0 Å². The Bertz CT molecular complexity index is 989. The van der Waals surface area contributed by atoms with Gasteiger partial charge in [-0.1, -0.05) is 30.3 Å². The van der Waals surface area contributed by atoms with Crippen LogP contribution in [0.2, 0.25) is 0 Å². The average Bonchev–Trinajstić information content (AvgIpc) is 3.61. The molecule has 1 aliphatic carbocycles. The summed E-state index contributed by atoms with van der Waals surface area (Å²) < 4.78 is 85.3. The minimum Gasteiger partial charge on any atom is -0.372 e. The van der Waals surface area contributed by atoms with E-state index in [4.69, 9.17) is 4.74 Å². The van der Waals surface area contributed by atoms with Crippen LogP contribution in [0.5, 0.6) is 0 Å². The molecule has 190 valence electrons. The van der Waals surface area contributed by atoms with E-state index in [9.17, 15) is 31.1 Å². The molecule has 1 saturated heterocycles. The number of carbonyl (C=O) groups is 1. The van der Waals surface area contributed by atoms with Crippen LogP contribution < -0.4 is 5.32 Å². The van der Waals surface area contributed by atoms with Crippen LogP contribution in [-0.4, -0.2) is 36.0 Å². The summed E-state index contributed by atoms with van der Waals surface area (Å²) in [5.74, 6) is -0.109. The van der Waals surface area contributed by atoms with E-state index in [0.29, 0.717) is 31.5 Å². The minimum atomic E-state index is -4.92. The molecule has 1 N–H and O–H groups in total. The lowest BCUT2D eigenvalue weighted by Gasteiger charge is -2.41. The third-order valence-electron chi connectivity index (χ3n) is 6.22. The predicted molar refractivity (Wildman–Crippen MR) is 116 cm³/mol. The lowest BCUT2D eigenvalue weighted by Crippen LogP contribution is -2.47. The van der Waals surface area contributed by atoms with E-state index in [1.165, 1.54) is 0 Å². The maximum absolute atomic E-state index is 13.2. The number of likely N-dealkylation sites (tertiary alicyclic amines) is 1. The normalized spacial score (nSPS) is 21.7. The maximum Gasteiger partial charge on any atom is 0.416 e. The van der Waals surface area contributed by atoms with Crippen LogP contribution in [0.15, 0.2) is 48.5 Å². The van der Waals surface area contributed by atoms with Crippen LogP contribution in [0.3, 0.4) is 0 Å². The van der Waals surface area contributed by atoms with E-state index in [-0.39, 0.29) is 36.2 Å². The van der Waals surface area contributed by atoms with Crippen molar-refractivity contribution < 1.29 is 35.9 Å². The van der Waals surface area contributed by atoms with Crippen LogP contribution in [0, 0.1) is 0 Å². The van der Waals surface area contributed by atoms with Gasteiger partial charge < -0.3 is 10.1 Å². The number of benzene rings is 2. The van der Waals surface area contributed by atoms with Crippen molar-refractivity contribution in [1.29, 1.82) is 0 Å². The Morgan fingerprint density at radius 2 is 1.57 bits per heavy atom. The van der Waals surface area contributed by atoms with Crippen LogP contribution >= 0.6 is 0 Å². The number of piperidine rings is 1. The van der Waals surface area contributed by atoms with Crippen molar-refractivity contribution in [2.75, 3.05) is 13.1 Å².